The van der Waals surface area contributed by atoms with Crippen LogP contribution in [0.25, 0.3) is 0 Å². The third-order valence-electron chi connectivity index (χ3n) is 3.74. The van der Waals surface area contributed by atoms with Gasteiger partial charge < -0.3 is 0 Å². The third kappa shape index (κ3) is 4.28. The minimum absolute atomic E-state index is 0.0138. The van der Waals surface area contributed by atoms with Gasteiger partial charge in [-0.3, -0.25) is 0 Å². The first-order valence-corrected chi connectivity index (χ1v) is 11.7. The Labute approximate surface area is 166 Å². The van der Waals surface area contributed by atoms with Crippen LogP contribution in [0.2, 0.25) is 0 Å². The number of sulfonamides is 1. The molecular weight excluding hydrogens is 453 g/mol. The molecule has 0 aromatic heterocycles. The SMILES string of the molecule is O=S(=O)(N=[S@](=O)(c1ccccc1)[C@H](F)c1ccc(Br)cc1)c1ccccc1. The zero-order valence-electron chi connectivity index (χ0n) is 13.9. The Morgan fingerprint density at radius 1 is 0.741 bits per heavy atom. The van der Waals surface area contributed by atoms with Gasteiger partial charge in [0.2, 0.25) is 5.50 Å². The molecule has 0 N–H and O–H groups in total. The summed E-state index contributed by atoms with van der Waals surface area (Å²) in [5.74, 6) is 0. The highest BCUT2D eigenvalue weighted by atomic mass is 79.9. The third-order valence-corrected chi connectivity index (χ3v) is 8.59. The van der Waals surface area contributed by atoms with Crippen molar-refractivity contribution in [2.24, 2.45) is 3.77 Å². The molecule has 3 rings (SSSR count). The first-order valence-electron chi connectivity index (χ1n) is 7.85. The first-order chi connectivity index (χ1) is 12.8. The molecule has 0 aliphatic heterocycles. The minimum atomic E-state index is -4.33. The zero-order chi connectivity index (χ0) is 19.5. The lowest BCUT2D eigenvalue weighted by atomic mass is 10.2. The van der Waals surface area contributed by atoms with E-state index in [0.29, 0.717) is 0 Å². The molecule has 0 radical (unpaired) electrons. The number of hydrogen-bond acceptors (Lipinski definition) is 3. The maximum atomic E-state index is 15.4. The Balaban J connectivity index is 2.23. The maximum Gasteiger partial charge on any atom is 0.290 e. The molecule has 0 heterocycles. The van der Waals surface area contributed by atoms with Crippen LogP contribution in [0.15, 0.2) is 103 Å². The van der Waals surface area contributed by atoms with E-state index in [2.05, 4.69) is 19.7 Å². The Kier molecular flexibility index (Phi) is 5.78. The van der Waals surface area contributed by atoms with E-state index in [1.54, 1.807) is 36.4 Å². The summed E-state index contributed by atoms with van der Waals surface area (Å²) in [4.78, 5) is -0.128. The molecule has 4 nitrogen and oxygen atoms in total. The molecule has 0 saturated carbocycles. The van der Waals surface area contributed by atoms with Crippen LogP contribution in [0.1, 0.15) is 11.1 Å². The number of nitrogens with zero attached hydrogens (tertiary/aromatic N) is 1. The van der Waals surface area contributed by atoms with Crippen LogP contribution in [0.5, 0.6) is 0 Å². The predicted molar refractivity (Wildman–Crippen MR) is 107 cm³/mol. The first kappa shape index (κ1) is 19.7. The molecule has 0 unspecified atom stereocenters. The Morgan fingerprint density at radius 2 is 1.22 bits per heavy atom. The summed E-state index contributed by atoms with van der Waals surface area (Å²) in [6.45, 7) is 0. The zero-order valence-corrected chi connectivity index (χ0v) is 17.1. The molecular formula is C19H15BrFNO3S2. The second-order valence-corrected chi connectivity index (χ2v) is 10.6. The predicted octanol–water partition coefficient (Wildman–Crippen LogP) is 5.33. The van der Waals surface area contributed by atoms with Gasteiger partial charge in [-0.15, -0.1) is 0 Å². The van der Waals surface area contributed by atoms with Gasteiger partial charge in [0.25, 0.3) is 10.0 Å². The van der Waals surface area contributed by atoms with Crippen molar-refractivity contribution in [2.45, 2.75) is 15.3 Å². The lowest BCUT2D eigenvalue weighted by Crippen LogP contribution is -2.13. The van der Waals surface area contributed by atoms with Crippen LogP contribution < -0.4 is 0 Å². The van der Waals surface area contributed by atoms with Crippen LogP contribution >= 0.6 is 15.9 Å². The van der Waals surface area contributed by atoms with Crippen molar-refractivity contribution in [3.63, 3.8) is 0 Å². The lowest BCUT2D eigenvalue weighted by Gasteiger charge is -2.16. The highest BCUT2D eigenvalue weighted by Gasteiger charge is 2.30. The Morgan fingerprint density at radius 3 is 1.74 bits per heavy atom. The van der Waals surface area contributed by atoms with Crippen LogP contribution in [0.3, 0.4) is 0 Å². The molecule has 0 fully saturated rings. The molecule has 140 valence electrons. The number of hydrogen-bond donors (Lipinski definition) is 0. The van der Waals surface area contributed by atoms with Crippen molar-refractivity contribution >= 4 is 35.7 Å². The van der Waals surface area contributed by atoms with E-state index in [9.17, 15) is 12.6 Å². The maximum absolute atomic E-state index is 15.4. The van der Waals surface area contributed by atoms with E-state index in [1.807, 2.05) is 0 Å². The van der Waals surface area contributed by atoms with Gasteiger partial charge >= 0.3 is 0 Å². The Hall–Kier alpha value is -2.03. The van der Waals surface area contributed by atoms with Crippen LogP contribution in [-0.2, 0) is 19.8 Å². The number of alkyl halides is 1. The molecule has 0 spiro atoms. The van der Waals surface area contributed by atoms with Gasteiger partial charge in [-0.25, -0.2) is 8.60 Å². The topological polar surface area (TPSA) is 63.6 Å². The van der Waals surface area contributed by atoms with Crippen LogP contribution in [-0.4, -0.2) is 12.6 Å². The molecule has 3 aromatic carbocycles. The highest BCUT2D eigenvalue weighted by molar-refractivity contribution is 9.10. The quantitative estimate of drug-likeness (QED) is 0.508. The minimum Gasteiger partial charge on any atom is -0.240 e. The number of halogens is 2. The normalized spacial score (nSPS) is 14.9. The summed E-state index contributed by atoms with van der Waals surface area (Å²) in [7, 11) is -8.29. The molecule has 0 bridgehead atoms. The summed E-state index contributed by atoms with van der Waals surface area (Å²) < 4.78 is 58.7. The molecule has 3 aromatic rings. The van der Waals surface area contributed by atoms with Gasteiger partial charge in [0.1, 0.15) is 9.73 Å². The van der Waals surface area contributed by atoms with Crippen molar-refractivity contribution < 1.29 is 17.0 Å². The van der Waals surface area contributed by atoms with Gasteiger partial charge in [-0.05, 0) is 36.4 Å². The molecule has 8 heteroatoms. The van der Waals surface area contributed by atoms with Gasteiger partial charge in [0.15, 0.2) is 0 Å². The average molecular weight is 468 g/mol. The second kappa shape index (κ2) is 7.92. The number of rotatable bonds is 5. The average Bonchev–Trinajstić information content (AvgIpc) is 2.69. The van der Waals surface area contributed by atoms with Gasteiger partial charge in [-0.2, -0.15) is 8.42 Å². The van der Waals surface area contributed by atoms with E-state index in [-0.39, 0.29) is 15.4 Å². The molecule has 2 atom stereocenters. The molecule has 0 amide bonds. The molecule has 27 heavy (non-hydrogen) atoms. The summed E-state index contributed by atoms with van der Waals surface area (Å²) in [6.07, 6.45) is 0. The highest BCUT2D eigenvalue weighted by Crippen LogP contribution is 2.34. The van der Waals surface area contributed by atoms with E-state index >= 15 is 4.39 Å². The van der Waals surface area contributed by atoms with Crippen molar-refractivity contribution in [3.8, 4) is 0 Å². The second-order valence-electron chi connectivity index (χ2n) is 5.61. The van der Waals surface area contributed by atoms with E-state index in [0.717, 1.165) is 4.47 Å². The van der Waals surface area contributed by atoms with Crippen molar-refractivity contribution in [1.29, 1.82) is 0 Å². The monoisotopic (exact) mass is 467 g/mol. The standard InChI is InChI=1S/C19H15BrFNO3S2/c20-16-13-11-15(12-14-16)19(21)26(23,17-7-3-1-4-8-17)22-27(24,25)18-9-5-2-6-10-18/h1-14,19H/t19-,26-/m0/s1. The van der Waals surface area contributed by atoms with Crippen molar-refractivity contribution in [1.82, 2.24) is 0 Å². The fourth-order valence-electron chi connectivity index (χ4n) is 2.40. The van der Waals surface area contributed by atoms with Crippen molar-refractivity contribution in [2.75, 3.05) is 0 Å². The molecule has 0 aliphatic carbocycles. The molecule has 0 saturated heterocycles. The van der Waals surface area contributed by atoms with Crippen LogP contribution in [0, 0.1) is 0 Å². The van der Waals surface area contributed by atoms with Crippen LogP contribution in [0.4, 0.5) is 4.39 Å². The summed E-state index contributed by atoms with van der Waals surface area (Å²) in [6, 6.07) is 21.1. The van der Waals surface area contributed by atoms with E-state index in [4.69, 9.17) is 0 Å². The lowest BCUT2D eigenvalue weighted by molar-refractivity contribution is 0.450. The Bertz CT molecular complexity index is 1140. The fraction of sp³-hybridized carbons (Fsp3) is 0.0526. The fourth-order valence-corrected chi connectivity index (χ4v) is 6.63. The van der Waals surface area contributed by atoms with Gasteiger partial charge in [0, 0.05) is 10.0 Å². The molecule has 0 aliphatic rings. The van der Waals surface area contributed by atoms with Crippen molar-refractivity contribution in [3.05, 3.63) is 95.0 Å². The number of benzene rings is 3. The van der Waals surface area contributed by atoms with E-state index < -0.39 is 25.3 Å². The smallest absolute Gasteiger partial charge is 0.240 e. The summed E-state index contributed by atoms with van der Waals surface area (Å²) in [5.41, 5.74) is -2.04. The van der Waals surface area contributed by atoms with Gasteiger partial charge in [0.05, 0.1) is 9.79 Å². The largest absolute Gasteiger partial charge is 0.290 e. The summed E-state index contributed by atoms with van der Waals surface area (Å²) in [5, 5.41) is 0. The van der Waals surface area contributed by atoms with Gasteiger partial charge in [-0.1, -0.05) is 68.2 Å². The van der Waals surface area contributed by atoms with E-state index in [1.165, 1.54) is 48.5 Å². The summed E-state index contributed by atoms with van der Waals surface area (Å²) >= 11 is 3.26.